The van der Waals surface area contributed by atoms with Gasteiger partial charge in [-0.05, 0) is 18.1 Å². The Morgan fingerprint density at radius 1 is 1.50 bits per heavy atom. The van der Waals surface area contributed by atoms with E-state index < -0.39 is 0 Å². The second kappa shape index (κ2) is 6.71. The molecule has 4 heteroatoms. The van der Waals surface area contributed by atoms with Gasteiger partial charge in [-0.3, -0.25) is 0 Å². The number of halogens is 1. The number of ether oxygens (including phenoxy) is 1. The van der Waals surface area contributed by atoms with Crippen LogP contribution < -0.4 is 4.90 Å². The van der Waals surface area contributed by atoms with Gasteiger partial charge in [-0.25, -0.2) is 4.98 Å². The lowest BCUT2D eigenvalue weighted by Crippen LogP contribution is -2.30. The maximum absolute atomic E-state index is 5.89. The summed E-state index contributed by atoms with van der Waals surface area (Å²) < 4.78 is 5.12. The highest BCUT2D eigenvalue weighted by molar-refractivity contribution is 6.29. The van der Waals surface area contributed by atoms with Crippen molar-refractivity contribution in [3.05, 3.63) is 23.5 Å². The van der Waals surface area contributed by atoms with Gasteiger partial charge >= 0.3 is 0 Å². The summed E-state index contributed by atoms with van der Waals surface area (Å²) in [6.07, 6.45) is 1.73. The minimum Gasteiger partial charge on any atom is -0.383 e. The Hall–Kier alpha value is -0.800. The average Bonchev–Trinajstić information content (AvgIpc) is 2.23. The third-order valence-corrected chi connectivity index (χ3v) is 2.43. The van der Waals surface area contributed by atoms with Crippen molar-refractivity contribution in [1.82, 2.24) is 4.98 Å². The van der Waals surface area contributed by atoms with Crippen molar-refractivity contribution in [2.24, 2.45) is 5.92 Å². The predicted octanol–water partition coefficient (Wildman–Crippen LogP) is 2.84. The van der Waals surface area contributed by atoms with Crippen LogP contribution in [0.2, 0.25) is 5.15 Å². The number of hydrogen-bond acceptors (Lipinski definition) is 3. The van der Waals surface area contributed by atoms with Crippen molar-refractivity contribution in [2.45, 2.75) is 13.8 Å². The monoisotopic (exact) mass is 242 g/mol. The summed E-state index contributed by atoms with van der Waals surface area (Å²) in [6, 6.07) is 3.86. The number of anilines is 1. The molecule has 0 fully saturated rings. The van der Waals surface area contributed by atoms with Crippen LogP contribution in [-0.4, -0.2) is 31.8 Å². The lowest BCUT2D eigenvalue weighted by Gasteiger charge is -2.26. The molecule has 0 bridgehead atoms. The molecule has 0 spiro atoms. The number of pyridine rings is 1. The summed E-state index contributed by atoms with van der Waals surface area (Å²) in [7, 11) is 1.72. The summed E-state index contributed by atoms with van der Waals surface area (Å²) in [4.78, 5) is 6.25. The minimum absolute atomic E-state index is 0.531. The number of nitrogens with zero attached hydrogens (tertiary/aromatic N) is 2. The predicted molar refractivity (Wildman–Crippen MR) is 68.2 cm³/mol. The van der Waals surface area contributed by atoms with Crippen molar-refractivity contribution < 1.29 is 4.74 Å². The highest BCUT2D eigenvalue weighted by Gasteiger charge is 2.08. The first-order valence-corrected chi connectivity index (χ1v) is 5.86. The van der Waals surface area contributed by atoms with Gasteiger partial charge in [0.25, 0.3) is 0 Å². The largest absolute Gasteiger partial charge is 0.383 e. The van der Waals surface area contributed by atoms with Gasteiger partial charge < -0.3 is 9.64 Å². The van der Waals surface area contributed by atoms with Crippen LogP contribution in [0, 0.1) is 5.92 Å². The van der Waals surface area contributed by atoms with Crippen LogP contribution in [0.25, 0.3) is 0 Å². The lowest BCUT2D eigenvalue weighted by molar-refractivity contribution is 0.204. The van der Waals surface area contributed by atoms with E-state index in [0.717, 1.165) is 18.8 Å². The molecule has 90 valence electrons. The summed E-state index contributed by atoms with van der Waals surface area (Å²) in [5.74, 6) is 0.601. The van der Waals surface area contributed by atoms with Gasteiger partial charge in [0.15, 0.2) is 0 Å². The number of aromatic nitrogens is 1. The Labute approximate surface area is 102 Å². The number of hydrogen-bond donors (Lipinski definition) is 0. The zero-order valence-electron chi connectivity index (χ0n) is 10.1. The van der Waals surface area contributed by atoms with Crippen molar-refractivity contribution in [1.29, 1.82) is 0 Å². The Morgan fingerprint density at radius 3 is 2.81 bits per heavy atom. The van der Waals surface area contributed by atoms with E-state index in [1.165, 1.54) is 0 Å². The zero-order chi connectivity index (χ0) is 12.0. The van der Waals surface area contributed by atoms with Crippen LogP contribution in [0.1, 0.15) is 13.8 Å². The fourth-order valence-electron chi connectivity index (χ4n) is 1.56. The molecule has 0 amide bonds. The molecule has 0 saturated carbocycles. The summed E-state index contributed by atoms with van der Waals surface area (Å²) >= 11 is 5.89. The molecule has 0 unspecified atom stereocenters. The molecule has 3 nitrogen and oxygen atoms in total. The topological polar surface area (TPSA) is 25.4 Å². The second-order valence-corrected chi connectivity index (χ2v) is 4.56. The van der Waals surface area contributed by atoms with Crippen LogP contribution in [0.3, 0.4) is 0 Å². The molecule has 0 radical (unpaired) electrons. The van der Waals surface area contributed by atoms with Gasteiger partial charge in [-0.2, -0.15) is 0 Å². The first-order valence-electron chi connectivity index (χ1n) is 5.49. The molecular formula is C12H19ClN2O. The van der Waals surface area contributed by atoms with E-state index in [-0.39, 0.29) is 0 Å². The molecule has 0 aromatic carbocycles. The second-order valence-electron chi connectivity index (χ2n) is 4.17. The molecule has 1 aromatic rings. The van der Waals surface area contributed by atoms with E-state index in [9.17, 15) is 0 Å². The molecule has 0 aliphatic heterocycles. The molecule has 0 N–H and O–H groups in total. The maximum Gasteiger partial charge on any atom is 0.131 e. The quantitative estimate of drug-likeness (QED) is 0.718. The van der Waals surface area contributed by atoms with Gasteiger partial charge in [0.2, 0.25) is 0 Å². The van der Waals surface area contributed by atoms with E-state index in [1.54, 1.807) is 13.3 Å². The summed E-state index contributed by atoms with van der Waals surface area (Å²) in [6.45, 7) is 6.97. The van der Waals surface area contributed by atoms with E-state index >= 15 is 0 Å². The summed E-state index contributed by atoms with van der Waals surface area (Å²) in [5.41, 5.74) is 1.10. The molecule has 0 saturated heterocycles. The molecule has 16 heavy (non-hydrogen) atoms. The van der Waals surface area contributed by atoms with Crippen LogP contribution in [-0.2, 0) is 4.74 Å². The average molecular weight is 243 g/mol. The van der Waals surface area contributed by atoms with E-state index in [2.05, 4.69) is 23.7 Å². The van der Waals surface area contributed by atoms with Crippen molar-refractivity contribution >= 4 is 17.3 Å². The fourth-order valence-corrected chi connectivity index (χ4v) is 1.73. The molecular weight excluding hydrogens is 224 g/mol. The molecule has 0 atom stereocenters. The number of rotatable bonds is 6. The van der Waals surface area contributed by atoms with E-state index in [0.29, 0.717) is 17.7 Å². The zero-order valence-corrected chi connectivity index (χ0v) is 10.9. The van der Waals surface area contributed by atoms with Crippen molar-refractivity contribution in [3.63, 3.8) is 0 Å². The SMILES string of the molecule is COCCN(CC(C)C)c1ccnc(Cl)c1. The highest BCUT2D eigenvalue weighted by atomic mass is 35.5. The lowest BCUT2D eigenvalue weighted by atomic mass is 10.2. The Bertz CT molecular complexity index is 318. The van der Waals surface area contributed by atoms with Crippen LogP contribution in [0.5, 0.6) is 0 Å². The first-order chi connectivity index (χ1) is 7.63. The van der Waals surface area contributed by atoms with Gasteiger partial charge in [0, 0.05) is 32.1 Å². The van der Waals surface area contributed by atoms with Gasteiger partial charge in [-0.1, -0.05) is 25.4 Å². The standard InChI is InChI=1S/C12H19ClN2O/c1-10(2)9-15(6-7-16-3)11-4-5-14-12(13)8-11/h4-5,8,10H,6-7,9H2,1-3H3. The highest BCUT2D eigenvalue weighted by Crippen LogP contribution is 2.18. The van der Waals surface area contributed by atoms with Crippen LogP contribution in [0.15, 0.2) is 18.3 Å². The van der Waals surface area contributed by atoms with Crippen LogP contribution >= 0.6 is 11.6 Å². The third-order valence-electron chi connectivity index (χ3n) is 2.23. The fraction of sp³-hybridized carbons (Fsp3) is 0.583. The van der Waals surface area contributed by atoms with Gasteiger partial charge in [0.1, 0.15) is 5.15 Å². The van der Waals surface area contributed by atoms with E-state index in [4.69, 9.17) is 16.3 Å². The normalized spacial score (nSPS) is 10.8. The molecule has 0 aliphatic rings. The van der Waals surface area contributed by atoms with E-state index in [1.807, 2.05) is 12.1 Å². The number of methoxy groups -OCH3 is 1. The maximum atomic E-state index is 5.89. The molecule has 1 heterocycles. The minimum atomic E-state index is 0.531. The molecule has 0 aliphatic carbocycles. The van der Waals surface area contributed by atoms with Crippen molar-refractivity contribution in [2.75, 3.05) is 31.7 Å². The van der Waals surface area contributed by atoms with Crippen LogP contribution in [0.4, 0.5) is 5.69 Å². The molecule has 1 aromatic heterocycles. The Balaban J connectivity index is 2.74. The first kappa shape index (κ1) is 13.3. The third kappa shape index (κ3) is 4.37. The van der Waals surface area contributed by atoms with Gasteiger partial charge in [-0.15, -0.1) is 0 Å². The summed E-state index contributed by atoms with van der Waals surface area (Å²) in [5, 5.41) is 0.531. The van der Waals surface area contributed by atoms with Gasteiger partial charge in [0.05, 0.1) is 6.61 Å². The molecule has 1 rings (SSSR count). The smallest absolute Gasteiger partial charge is 0.131 e. The Kier molecular flexibility index (Phi) is 5.56. The van der Waals surface area contributed by atoms with Crippen molar-refractivity contribution in [3.8, 4) is 0 Å². The Morgan fingerprint density at radius 2 is 2.25 bits per heavy atom.